The maximum absolute atomic E-state index is 6.60. The second-order valence-corrected chi connectivity index (χ2v) is 11.4. The van der Waals surface area contributed by atoms with Crippen molar-refractivity contribution in [2.45, 2.75) is 61.3 Å². The van der Waals surface area contributed by atoms with Crippen LogP contribution in [0, 0.1) is 0 Å². The highest BCUT2D eigenvalue weighted by Crippen LogP contribution is 2.69. The highest BCUT2D eigenvalue weighted by atomic mass is 32.2. The number of nitrogens with zero attached hydrogens (tertiary/aromatic N) is 1. The standard InChI is InChI=1S/C31H31NOS/c1-21-8-7-16-32(21)17-15-24-18-22-10-6-11-25(30(22)33-24)28-19-31(28)26-12-3-2-9-23(26)20-34-29-14-5-4-13-27(29)31/h2-6,10-14,18,20-21,28H,7-9,15-17,19H2,1H3/t21-,28?,31-/m1/s1. The first kappa shape index (κ1) is 20.8. The molecule has 3 heteroatoms. The first-order valence-electron chi connectivity index (χ1n) is 12.8. The summed E-state index contributed by atoms with van der Waals surface area (Å²) in [6.45, 7) is 4.69. The van der Waals surface area contributed by atoms with Crippen molar-refractivity contribution in [1.29, 1.82) is 0 Å². The van der Waals surface area contributed by atoms with Gasteiger partial charge in [-0.25, -0.2) is 0 Å². The van der Waals surface area contributed by atoms with Crippen LogP contribution >= 0.6 is 11.8 Å². The van der Waals surface area contributed by atoms with Crippen LogP contribution in [-0.4, -0.2) is 24.0 Å². The molecule has 3 aromatic rings. The number of rotatable bonds is 4. The summed E-state index contributed by atoms with van der Waals surface area (Å²) in [7, 11) is 0. The molecule has 1 spiro atoms. The van der Waals surface area contributed by atoms with E-state index in [0.717, 1.165) is 37.2 Å². The molecule has 1 unspecified atom stereocenters. The minimum atomic E-state index is 0.0584. The van der Waals surface area contributed by atoms with Gasteiger partial charge in [0.15, 0.2) is 0 Å². The van der Waals surface area contributed by atoms with Crippen molar-refractivity contribution in [2.24, 2.45) is 0 Å². The van der Waals surface area contributed by atoms with Gasteiger partial charge in [-0.15, -0.1) is 0 Å². The molecule has 4 aliphatic rings. The molecule has 1 saturated heterocycles. The van der Waals surface area contributed by atoms with Crippen LogP contribution in [-0.2, 0) is 11.8 Å². The smallest absolute Gasteiger partial charge is 0.137 e. The zero-order valence-electron chi connectivity index (χ0n) is 19.8. The number of fused-ring (bicyclic) bond motifs is 5. The fraction of sp³-hybridized carbons (Fsp3) is 0.355. The number of hydrogen-bond donors (Lipinski definition) is 0. The van der Waals surface area contributed by atoms with E-state index in [-0.39, 0.29) is 5.41 Å². The van der Waals surface area contributed by atoms with Gasteiger partial charge in [-0.1, -0.05) is 66.4 Å². The highest BCUT2D eigenvalue weighted by Gasteiger charge is 2.60. The summed E-state index contributed by atoms with van der Waals surface area (Å²) >= 11 is 1.90. The first-order chi connectivity index (χ1) is 16.7. The highest BCUT2D eigenvalue weighted by molar-refractivity contribution is 8.02. The Bertz CT molecular complexity index is 1360. The Labute approximate surface area is 206 Å². The van der Waals surface area contributed by atoms with E-state index in [1.165, 1.54) is 51.9 Å². The number of likely N-dealkylation sites (tertiary alicyclic amines) is 1. The normalized spacial score (nSPS) is 27.9. The lowest BCUT2D eigenvalue weighted by Gasteiger charge is -2.25. The van der Waals surface area contributed by atoms with Crippen LogP contribution in [0.3, 0.4) is 0 Å². The Morgan fingerprint density at radius 3 is 3.00 bits per heavy atom. The molecule has 0 bridgehead atoms. The molecule has 0 N–H and O–H groups in total. The van der Waals surface area contributed by atoms with Crippen LogP contribution < -0.4 is 0 Å². The van der Waals surface area contributed by atoms with Crippen molar-refractivity contribution in [2.75, 3.05) is 13.1 Å². The SMILES string of the molecule is C[C@@H]1CCCN1CCc1cc2cccc(C3C[C@]34C3=CC=CCC3=CSc3ccccc34)c2o1. The fourth-order valence-electron chi connectivity index (χ4n) is 6.69. The molecular weight excluding hydrogens is 434 g/mol. The molecule has 0 amide bonds. The summed E-state index contributed by atoms with van der Waals surface area (Å²) in [6.07, 6.45) is 12.8. The summed E-state index contributed by atoms with van der Waals surface area (Å²) in [4.78, 5) is 4.01. The molecular formula is C31H31NOS. The Morgan fingerprint density at radius 1 is 1.15 bits per heavy atom. The number of thioether (sulfide) groups is 1. The Kier molecular flexibility index (Phi) is 4.93. The van der Waals surface area contributed by atoms with Gasteiger partial charge < -0.3 is 9.32 Å². The van der Waals surface area contributed by atoms with E-state index < -0.39 is 0 Å². The molecule has 1 aromatic heterocycles. The molecule has 2 aliphatic carbocycles. The van der Waals surface area contributed by atoms with Gasteiger partial charge in [0, 0.05) is 40.6 Å². The zero-order chi connectivity index (χ0) is 22.7. The lowest BCUT2D eigenvalue weighted by molar-refractivity contribution is 0.266. The summed E-state index contributed by atoms with van der Waals surface area (Å²) in [5.74, 6) is 1.59. The second kappa shape index (κ2) is 8.03. The number of allylic oxidation sites excluding steroid dienone is 5. The van der Waals surface area contributed by atoms with Crippen LogP contribution in [0.25, 0.3) is 11.0 Å². The zero-order valence-corrected chi connectivity index (χ0v) is 20.6. The van der Waals surface area contributed by atoms with E-state index in [1.807, 2.05) is 11.8 Å². The lowest BCUT2D eigenvalue weighted by Crippen LogP contribution is -2.28. The minimum absolute atomic E-state index is 0.0584. The van der Waals surface area contributed by atoms with Gasteiger partial charge in [0.2, 0.25) is 0 Å². The molecule has 172 valence electrons. The molecule has 7 rings (SSSR count). The van der Waals surface area contributed by atoms with E-state index in [2.05, 4.69) is 84.0 Å². The quantitative estimate of drug-likeness (QED) is 0.392. The fourth-order valence-corrected chi connectivity index (χ4v) is 7.72. The maximum Gasteiger partial charge on any atom is 0.137 e. The van der Waals surface area contributed by atoms with Crippen molar-refractivity contribution < 1.29 is 4.42 Å². The van der Waals surface area contributed by atoms with Gasteiger partial charge in [0.25, 0.3) is 0 Å². The van der Waals surface area contributed by atoms with Crippen molar-refractivity contribution in [3.63, 3.8) is 0 Å². The van der Waals surface area contributed by atoms with Gasteiger partial charge >= 0.3 is 0 Å². The van der Waals surface area contributed by atoms with Crippen LogP contribution in [0.4, 0.5) is 0 Å². The molecule has 34 heavy (non-hydrogen) atoms. The van der Waals surface area contributed by atoms with Gasteiger partial charge in [0.05, 0.1) is 0 Å². The first-order valence-corrected chi connectivity index (χ1v) is 13.7. The van der Waals surface area contributed by atoms with E-state index in [0.29, 0.717) is 12.0 Å². The van der Waals surface area contributed by atoms with Gasteiger partial charge in [-0.05, 0) is 79.0 Å². The summed E-state index contributed by atoms with van der Waals surface area (Å²) in [6, 6.07) is 18.8. The maximum atomic E-state index is 6.60. The minimum Gasteiger partial charge on any atom is -0.461 e. The lowest BCUT2D eigenvalue weighted by atomic mass is 9.78. The topological polar surface area (TPSA) is 16.4 Å². The molecule has 2 fully saturated rings. The summed E-state index contributed by atoms with van der Waals surface area (Å²) in [5, 5.41) is 3.65. The Morgan fingerprint density at radius 2 is 2.09 bits per heavy atom. The third-order valence-electron chi connectivity index (χ3n) is 8.56. The summed E-state index contributed by atoms with van der Waals surface area (Å²) < 4.78 is 6.60. The van der Waals surface area contributed by atoms with E-state index in [1.54, 1.807) is 0 Å². The van der Waals surface area contributed by atoms with Crippen LogP contribution in [0.1, 0.15) is 55.4 Å². The number of hydrogen-bond acceptors (Lipinski definition) is 3. The van der Waals surface area contributed by atoms with Crippen molar-refractivity contribution in [3.8, 4) is 0 Å². The Hall–Kier alpha value is -2.49. The van der Waals surface area contributed by atoms with Crippen molar-refractivity contribution >= 4 is 22.7 Å². The number of furan rings is 1. The van der Waals surface area contributed by atoms with E-state index >= 15 is 0 Å². The molecule has 1 saturated carbocycles. The predicted octanol–water partition coefficient (Wildman–Crippen LogP) is 7.76. The average molecular weight is 466 g/mol. The Balaban J connectivity index is 1.27. The van der Waals surface area contributed by atoms with Crippen molar-refractivity contribution in [3.05, 3.63) is 100 Å². The monoisotopic (exact) mass is 465 g/mol. The van der Waals surface area contributed by atoms with E-state index in [4.69, 9.17) is 4.42 Å². The molecule has 2 aromatic carbocycles. The molecule has 0 radical (unpaired) electrons. The van der Waals surface area contributed by atoms with Crippen molar-refractivity contribution in [1.82, 2.24) is 4.90 Å². The number of benzene rings is 2. The predicted molar refractivity (Wildman–Crippen MR) is 141 cm³/mol. The molecule has 2 nitrogen and oxygen atoms in total. The average Bonchev–Trinajstić information content (AvgIpc) is 3.30. The van der Waals surface area contributed by atoms with Gasteiger partial charge in [-0.2, -0.15) is 0 Å². The molecule has 3 atom stereocenters. The van der Waals surface area contributed by atoms with Crippen LogP contribution in [0.2, 0.25) is 0 Å². The van der Waals surface area contributed by atoms with E-state index in [9.17, 15) is 0 Å². The number of para-hydroxylation sites is 1. The third-order valence-corrected chi connectivity index (χ3v) is 9.57. The van der Waals surface area contributed by atoms with Crippen LogP contribution in [0.15, 0.2) is 92.6 Å². The van der Waals surface area contributed by atoms with Gasteiger partial charge in [-0.3, -0.25) is 0 Å². The molecule has 3 heterocycles. The van der Waals surface area contributed by atoms with Crippen LogP contribution in [0.5, 0.6) is 0 Å². The van der Waals surface area contributed by atoms with Gasteiger partial charge in [0.1, 0.15) is 11.3 Å². The second-order valence-electron chi connectivity index (χ2n) is 10.5. The largest absolute Gasteiger partial charge is 0.461 e. The molecule has 2 aliphatic heterocycles. The summed E-state index contributed by atoms with van der Waals surface area (Å²) in [5.41, 5.74) is 7.05. The third kappa shape index (κ3) is 3.21.